The first-order valence-corrected chi connectivity index (χ1v) is 8.72. The lowest BCUT2D eigenvalue weighted by atomic mass is 10.0. The molecule has 1 N–H and O–H groups in total. The molecule has 0 radical (unpaired) electrons. The zero-order chi connectivity index (χ0) is 17.2. The highest BCUT2D eigenvalue weighted by atomic mass is 32.1. The van der Waals surface area contributed by atoms with Gasteiger partial charge in [-0.15, -0.1) is 10.2 Å². The average molecular weight is 345 g/mol. The molecule has 4 aromatic rings. The molecule has 1 heterocycles. The van der Waals surface area contributed by atoms with Gasteiger partial charge >= 0.3 is 0 Å². The minimum Gasteiger partial charge on any atom is -0.296 e. The van der Waals surface area contributed by atoms with E-state index in [2.05, 4.69) is 15.5 Å². The van der Waals surface area contributed by atoms with Crippen LogP contribution in [0.3, 0.4) is 0 Å². The molecular weight excluding hydrogens is 330 g/mol. The zero-order valence-corrected chi connectivity index (χ0v) is 14.4. The summed E-state index contributed by atoms with van der Waals surface area (Å²) in [6.45, 7) is 2.04. The molecule has 0 saturated carbocycles. The lowest BCUT2D eigenvalue weighted by Crippen LogP contribution is -2.12. The van der Waals surface area contributed by atoms with Crippen LogP contribution in [0.5, 0.6) is 0 Å². The third-order valence-electron chi connectivity index (χ3n) is 3.98. The highest BCUT2D eigenvalue weighted by Crippen LogP contribution is 2.27. The maximum absolute atomic E-state index is 12.6. The van der Waals surface area contributed by atoms with Gasteiger partial charge in [-0.1, -0.05) is 77.6 Å². The summed E-state index contributed by atoms with van der Waals surface area (Å²) in [6, 6.07) is 21.6. The first kappa shape index (κ1) is 15.5. The number of carbonyl (C=O) groups is 1. The third-order valence-corrected chi connectivity index (χ3v) is 4.87. The smallest absolute Gasteiger partial charge is 0.258 e. The molecule has 0 spiro atoms. The molecule has 0 aliphatic carbocycles. The molecular formula is C20H15N3OS. The van der Waals surface area contributed by atoms with Crippen molar-refractivity contribution in [3.8, 4) is 10.6 Å². The predicted molar refractivity (Wildman–Crippen MR) is 102 cm³/mol. The lowest BCUT2D eigenvalue weighted by molar-refractivity contribution is 0.102. The quantitative estimate of drug-likeness (QED) is 0.573. The zero-order valence-electron chi connectivity index (χ0n) is 13.6. The number of fused-ring (bicyclic) bond motifs is 1. The van der Waals surface area contributed by atoms with Crippen LogP contribution < -0.4 is 5.32 Å². The van der Waals surface area contributed by atoms with Crippen molar-refractivity contribution in [3.05, 3.63) is 77.9 Å². The van der Waals surface area contributed by atoms with E-state index in [0.717, 1.165) is 21.3 Å². The standard InChI is InChI=1S/C20H15N3OS/c1-13-9-11-15(12-10-13)19-22-23-20(25-19)21-18(24)17-8-4-6-14-5-2-3-7-16(14)17/h2-12H,1H3,(H,21,23,24). The van der Waals surface area contributed by atoms with E-state index >= 15 is 0 Å². The number of aryl methyl sites for hydroxylation is 1. The summed E-state index contributed by atoms with van der Waals surface area (Å²) in [7, 11) is 0. The Hall–Kier alpha value is -3.05. The van der Waals surface area contributed by atoms with Gasteiger partial charge in [-0.2, -0.15) is 0 Å². The van der Waals surface area contributed by atoms with Gasteiger partial charge in [-0.3, -0.25) is 10.1 Å². The highest BCUT2D eigenvalue weighted by molar-refractivity contribution is 7.18. The van der Waals surface area contributed by atoms with Crippen LogP contribution in [-0.4, -0.2) is 16.1 Å². The molecule has 0 fully saturated rings. The molecule has 4 rings (SSSR count). The Morgan fingerprint density at radius 3 is 2.52 bits per heavy atom. The number of nitrogens with one attached hydrogen (secondary N) is 1. The summed E-state index contributed by atoms with van der Waals surface area (Å²) in [6.07, 6.45) is 0. The molecule has 0 bridgehead atoms. The Morgan fingerprint density at radius 2 is 1.68 bits per heavy atom. The van der Waals surface area contributed by atoms with Gasteiger partial charge in [0, 0.05) is 11.1 Å². The first-order chi connectivity index (χ1) is 12.2. The van der Waals surface area contributed by atoms with E-state index < -0.39 is 0 Å². The fourth-order valence-electron chi connectivity index (χ4n) is 2.67. The van der Waals surface area contributed by atoms with Crippen LogP contribution in [0.15, 0.2) is 66.7 Å². The van der Waals surface area contributed by atoms with Gasteiger partial charge < -0.3 is 0 Å². The van der Waals surface area contributed by atoms with Gasteiger partial charge in [0.25, 0.3) is 5.91 Å². The molecule has 0 aliphatic rings. The Morgan fingerprint density at radius 1 is 0.920 bits per heavy atom. The second kappa shape index (κ2) is 6.45. The van der Waals surface area contributed by atoms with E-state index in [0.29, 0.717) is 10.7 Å². The number of carbonyl (C=O) groups excluding carboxylic acids is 1. The van der Waals surface area contributed by atoms with E-state index in [9.17, 15) is 4.79 Å². The maximum atomic E-state index is 12.6. The fourth-order valence-corrected chi connectivity index (χ4v) is 3.42. The molecule has 0 atom stereocenters. The van der Waals surface area contributed by atoms with Gasteiger partial charge in [-0.25, -0.2) is 0 Å². The molecule has 122 valence electrons. The molecule has 0 unspecified atom stereocenters. The van der Waals surface area contributed by atoms with Crippen molar-refractivity contribution in [2.24, 2.45) is 0 Å². The molecule has 25 heavy (non-hydrogen) atoms. The highest BCUT2D eigenvalue weighted by Gasteiger charge is 2.13. The summed E-state index contributed by atoms with van der Waals surface area (Å²) in [4.78, 5) is 12.6. The van der Waals surface area contributed by atoms with E-state index in [1.807, 2.05) is 73.7 Å². The van der Waals surface area contributed by atoms with Crippen molar-refractivity contribution in [1.29, 1.82) is 0 Å². The Kier molecular flexibility index (Phi) is 3.99. The molecule has 4 nitrogen and oxygen atoms in total. The predicted octanol–water partition coefficient (Wildman–Crippen LogP) is 4.92. The molecule has 5 heteroatoms. The second-order valence-corrected chi connectivity index (χ2v) is 6.74. The van der Waals surface area contributed by atoms with E-state index in [1.165, 1.54) is 16.9 Å². The number of rotatable bonds is 3. The number of hydrogen-bond donors (Lipinski definition) is 1. The molecule has 1 aromatic heterocycles. The van der Waals surface area contributed by atoms with Gasteiger partial charge in [0.1, 0.15) is 5.01 Å². The van der Waals surface area contributed by atoms with Gasteiger partial charge in [0.2, 0.25) is 5.13 Å². The van der Waals surface area contributed by atoms with E-state index in [-0.39, 0.29) is 5.91 Å². The number of amides is 1. The summed E-state index contributed by atoms with van der Waals surface area (Å²) >= 11 is 1.37. The molecule has 3 aromatic carbocycles. The van der Waals surface area contributed by atoms with Gasteiger partial charge in [0.15, 0.2) is 0 Å². The van der Waals surface area contributed by atoms with Crippen molar-refractivity contribution >= 4 is 33.1 Å². The fraction of sp³-hybridized carbons (Fsp3) is 0.0500. The van der Waals surface area contributed by atoms with E-state index in [4.69, 9.17) is 0 Å². The van der Waals surface area contributed by atoms with Crippen molar-refractivity contribution in [2.75, 3.05) is 5.32 Å². The summed E-state index contributed by atoms with van der Waals surface area (Å²) in [5.41, 5.74) is 2.82. The number of aromatic nitrogens is 2. The van der Waals surface area contributed by atoms with Crippen molar-refractivity contribution in [2.45, 2.75) is 6.92 Å². The average Bonchev–Trinajstić information content (AvgIpc) is 3.10. The third kappa shape index (κ3) is 3.14. The minimum atomic E-state index is -0.177. The van der Waals surface area contributed by atoms with Gasteiger partial charge in [-0.05, 0) is 23.8 Å². The van der Waals surface area contributed by atoms with Crippen LogP contribution in [-0.2, 0) is 0 Å². The normalized spacial score (nSPS) is 10.8. The van der Waals surface area contributed by atoms with Crippen LogP contribution in [0.4, 0.5) is 5.13 Å². The topological polar surface area (TPSA) is 54.9 Å². The maximum Gasteiger partial charge on any atom is 0.258 e. The van der Waals surface area contributed by atoms with Crippen molar-refractivity contribution < 1.29 is 4.79 Å². The van der Waals surface area contributed by atoms with Gasteiger partial charge in [0.05, 0.1) is 0 Å². The van der Waals surface area contributed by atoms with Crippen LogP contribution in [0, 0.1) is 6.92 Å². The molecule has 0 saturated heterocycles. The monoisotopic (exact) mass is 345 g/mol. The summed E-state index contributed by atoms with van der Waals surface area (Å²) < 4.78 is 0. The van der Waals surface area contributed by atoms with Crippen molar-refractivity contribution in [3.63, 3.8) is 0 Å². The van der Waals surface area contributed by atoms with Crippen molar-refractivity contribution in [1.82, 2.24) is 10.2 Å². The summed E-state index contributed by atoms with van der Waals surface area (Å²) in [5.74, 6) is -0.177. The van der Waals surface area contributed by atoms with Crippen LogP contribution in [0.1, 0.15) is 15.9 Å². The number of hydrogen-bond acceptors (Lipinski definition) is 4. The SMILES string of the molecule is Cc1ccc(-c2nnc(NC(=O)c3cccc4ccccc34)s2)cc1. The van der Waals surface area contributed by atoms with Crippen LogP contribution in [0.2, 0.25) is 0 Å². The number of anilines is 1. The Labute approximate surface area is 149 Å². The number of benzene rings is 3. The number of nitrogens with zero attached hydrogens (tertiary/aromatic N) is 2. The van der Waals surface area contributed by atoms with Crippen LogP contribution >= 0.6 is 11.3 Å². The lowest BCUT2D eigenvalue weighted by Gasteiger charge is -2.05. The Balaban J connectivity index is 1.60. The first-order valence-electron chi connectivity index (χ1n) is 7.90. The minimum absolute atomic E-state index is 0.177. The van der Waals surface area contributed by atoms with Crippen LogP contribution in [0.25, 0.3) is 21.3 Å². The Bertz CT molecular complexity index is 1050. The molecule has 0 aliphatic heterocycles. The van der Waals surface area contributed by atoms with E-state index in [1.54, 1.807) is 0 Å². The second-order valence-electron chi connectivity index (χ2n) is 5.76. The summed E-state index contributed by atoms with van der Waals surface area (Å²) in [5, 5.41) is 14.4. The molecule has 1 amide bonds. The largest absolute Gasteiger partial charge is 0.296 e.